The molecule has 0 aromatic heterocycles. The fourth-order valence-electron chi connectivity index (χ4n) is 2.08. The summed E-state index contributed by atoms with van der Waals surface area (Å²) >= 11 is 0. The summed E-state index contributed by atoms with van der Waals surface area (Å²) in [5.41, 5.74) is 2.63. The van der Waals surface area contributed by atoms with Gasteiger partial charge < -0.3 is 10.6 Å². The lowest BCUT2D eigenvalue weighted by Gasteiger charge is -2.16. The van der Waals surface area contributed by atoms with E-state index in [2.05, 4.69) is 10.6 Å². The Balaban J connectivity index is 1.97. The van der Waals surface area contributed by atoms with Gasteiger partial charge in [-0.05, 0) is 5.56 Å². The van der Waals surface area contributed by atoms with E-state index >= 15 is 0 Å². The first-order valence-electron chi connectivity index (χ1n) is 5.46. The maximum absolute atomic E-state index is 9.07. The van der Waals surface area contributed by atoms with Crippen LogP contribution in [0.1, 0.15) is 5.56 Å². The highest BCUT2D eigenvalue weighted by molar-refractivity contribution is 5.67. The molecular weight excluding hydrogens is 226 g/mol. The molecule has 2 N–H and O–H groups in total. The number of rotatable bonds is 1. The molecule has 3 rings (SSSR count). The predicted molar refractivity (Wildman–Crippen MR) is 64.6 cm³/mol. The highest BCUT2D eigenvalue weighted by Gasteiger charge is 2.35. The summed E-state index contributed by atoms with van der Waals surface area (Å²) < 4.78 is 0. The van der Waals surface area contributed by atoms with Crippen LogP contribution in [0, 0.1) is 22.7 Å². The molecule has 0 aliphatic carbocycles. The Morgan fingerprint density at radius 1 is 1.06 bits per heavy atom. The third-order valence-electron chi connectivity index (χ3n) is 2.92. The fourth-order valence-corrected chi connectivity index (χ4v) is 2.08. The molecule has 2 aliphatic heterocycles. The molecule has 86 valence electrons. The molecule has 2 heterocycles. The average Bonchev–Trinajstić information content (AvgIpc) is 2.96. The Kier molecular flexibility index (Phi) is 2.18. The average molecular weight is 235 g/mol. The fraction of sp³-hybridized carbons (Fsp3) is 0.0769. The second-order valence-electron chi connectivity index (χ2n) is 3.95. The van der Waals surface area contributed by atoms with Gasteiger partial charge in [-0.15, -0.1) is 0 Å². The van der Waals surface area contributed by atoms with Crippen LogP contribution in [0.15, 0.2) is 47.9 Å². The van der Waals surface area contributed by atoms with Crippen molar-refractivity contribution in [2.45, 2.75) is 6.29 Å². The predicted octanol–water partition coefficient (Wildman–Crippen LogP) is 1.04. The Morgan fingerprint density at radius 2 is 1.83 bits per heavy atom. The summed E-state index contributed by atoms with van der Waals surface area (Å²) in [6.45, 7) is 0. The van der Waals surface area contributed by atoms with Gasteiger partial charge in [-0.25, -0.2) is 0 Å². The first-order valence-corrected chi connectivity index (χ1v) is 5.46. The van der Waals surface area contributed by atoms with Gasteiger partial charge in [0.25, 0.3) is 0 Å². The molecule has 0 amide bonds. The minimum absolute atomic E-state index is 0.246. The summed E-state index contributed by atoms with van der Waals surface area (Å²) in [6.07, 6.45) is 1.60. The third-order valence-corrected chi connectivity index (χ3v) is 2.92. The molecule has 0 saturated heterocycles. The van der Waals surface area contributed by atoms with Gasteiger partial charge in [0, 0.05) is 6.20 Å². The van der Waals surface area contributed by atoms with Crippen LogP contribution in [-0.2, 0) is 0 Å². The molecule has 18 heavy (non-hydrogen) atoms. The van der Waals surface area contributed by atoms with Crippen LogP contribution in [0.4, 0.5) is 0 Å². The van der Waals surface area contributed by atoms with Crippen molar-refractivity contribution < 1.29 is 0 Å². The van der Waals surface area contributed by atoms with Crippen molar-refractivity contribution in [2.75, 3.05) is 0 Å². The minimum Gasteiger partial charge on any atom is -0.346 e. The highest BCUT2D eigenvalue weighted by atomic mass is 15.5. The molecule has 5 heteroatoms. The summed E-state index contributed by atoms with van der Waals surface area (Å²) in [5.74, 6) is 0. The molecule has 5 nitrogen and oxygen atoms in total. The lowest BCUT2D eigenvalue weighted by Crippen LogP contribution is -2.40. The van der Waals surface area contributed by atoms with Gasteiger partial charge in [-0.3, -0.25) is 4.90 Å². The van der Waals surface area contributed by atoms with E-state index in [1.807, 2.05) is 48.7 Å². The lowest BCUT2D eigenvalue weighted by molar-refractivity contribution is 0.354. The van der Waals surface area contributed by atoms with Crippen molar-refractivity contribution in [1.82, 2.24) is 15.5 Å². The van der Waals surface area contributed by atoms with Gasteiger partial charge in [0.15, 0.2) is 17.7 Å². The van der Waals surface area contributed by atoms with Crippen molar-refractivity contribution in [1.29, 1.82) is 10.5 Å². The van der Waals surface area contributed by atoms with E-state index in [1.54, 1.807) is 4.90 Å². The number of allylic oxidation sites excluding steroid dienone is 2. The van der Waals surface area contributed by atoms with Crippen LogP contribution in [0.2, 0.25) is 0 Å². The maximum Gasteiger partial charge on any atom is 0.181 e. The monoisotopic (exact) mass is 235 g/mol. The number of nitrogens with one attached hydrogen (secondary N) is 2. The van der Waals surface area contributed by atoms with Crippen LogP contribution in [0.25, 0.3) is 5.70 Å². The quantitative estimate of drug-likeness (QED) is 0.760. The number of nitriles is 2. The van der Waals surface area contributed by atoms with Crippen molar-refractivity contribution in [3.8, 4) is 12.1 Å². The molecule has 0 spiro atoms. The largest absolute Gasteiger partial charge is 0.346 e. The second kappa shape index (κ2) is 3.83. The first-order chi connectivity index (χ1) is 8.83. The van der Waals surface area contributed by atoms with E-state index in [0.29, 0.717) is 11.4 Å². The Morgan fingerprint density at radius 3 is 2.50 bits per heavy atom. The molecule has 1 unspecified atom stereocenters. The lowest BCUT2D eigenvalue weighted by atomic mass is 10.2. The number of nitrogens with zero attached hydrogens (tertiary/aromatic N) is 3. The van der Waals surface area contributed by atoms with Crippen LogP contribution in [-0.4, -0.2) is 11.2 Å². The SMILES string of the molecule is N#CC1=C(C#N)N2C=C(c3ccccc3)NC2N1. The topological polar surface area (TPSA) is 74.9 Å². The van der Waals surface area contributed by atoms with Crippen LogP contribution in [0.5, 0.6) is 0 Å². The summed E-state index contributed by atoms with van der Waals surface area (Å²) in [6, 6.07) is 13.9. The molecule has 0 saturated carbocycles. The highest BCUT2D eigenvalue weighted by Crippen LogP contribution is 2.27. The van der Waals surface area contributed by atoms with Crippen molar-refractivity contribution >= 4 is 5.70 Å². The second-order valence-corrected chi connectivity index (χ2v) is 3.95. The van der Waals surface area contributed by atoms with Crippen molar-refractivity contribution in [3.63, 3.8) is 0 Å². The summed E-state index contributed by atoms with van der Waals surface area (Å²) in [7, 11) is 0. The molecule has 0 radical (unpaired) electrons. The molecule has 0 fully saturated rings. The molecule has 0 bridgehead atoms. The third kappa shape index (κ3) is 1.39. The van der Waals surface area contributed by atoms with E-state index in [9.17, 15) is 0 Å². The minimum atomic E-state index is -0.246. The van der Waals surface area contributed by atoms with Gasteiger partial charge in [0.05, 0.1) is 5.70 Å². The van der Waals surface area contributed by atoms with Gasteiger partial charge in [-0.1, -0.05) is 30.3 Å². The van der Waals surface area contributed by atoms with Crippen molar-refractivity contribution in [3.05, 3.63) is 53.5 Å². The van der Waals surface area contributed by atoms with Gasteiger partial charge in [0.1, 0.15) is 12.1 Å². The zero-order valence-corrected chi connectivity index (χ0v) is 9.38. The smallest absolute Gasteiger partial charge is 0.181 e. The zero-order chi connectivity index (χ0) is 12.5. The van der Waals surface area contributed by atoms with Gasteiger partial charge in [-0.2, -0.15) is 10.5 Å². The van der Waals surface area contributed by atoms with Gasteiger partial charge in [0.2, 0.25) is 0 Å². The summed E-state index contributed by atoms with van der Waals surface area (Å²) in [5, 5.41) is 24.2. The van der Waals surface area contributed by atoms with Crippen molar-refractivity contribution in [2.24, 2.45) is 0 Å². The van der Waals surface area contributed by atoms with Crippen LogP contribution >= 0.6 is 0 Å². The summed E-state index contributed by atoms with van der Waals surface area (Å²) in [4.78, 5) is 1.74. The number of hydrogen-bond acceptors (Lipinski definition) is 5. The maximum atomic E-state index is 9.07. The molecule has 1 atom stereocenters. The molecule has 1 aromatic carbocycles. The Labute approximate surface area is 104 Å². The van der Waals surface area contributed by atoms with Crippen LogP contribution in [0.3, 0.4) is 0 Å². The van der Waals surface area contributed by atoms with Gasteiger partial charge >= 0.3 is 0 Å². The van der Waals surface area contributed by atoms with Crippen LogP contribution < -0.4 is 10.6 Å². The first kappa shape index (κ1) is 10.2. The normalized spacial score (nSPS) is 20.4. The van der Waals surface area contributed by atoms with E-state index in [-0.39, 0.29) is 6.29 Å². The Hall–Kier alpha value is -2.92. The van der Waals surface area contributed by atoms with E-state index in [4.69, 9.17) is 10.5 Å². The number of hydrogen-bond donors (Lipinski definition) is 2. The molecular formula is C13H9N5. The zero-order valence-electron chi connectivity index (χ0n) is 9.38. The van der Waals surface area contributed by atoms with E-state index in [0.717, 1.165) is 11.3 Å². The molecule has 1 aromatic rings. The molecule has 2 aliphatic rings. The Bertz CT molecular complexity index is 630. The standard InChI is InChI=1S/C13H9N5/c14-6-10-12(7-15)18-8-11(17-13(18)16-10)9-4-2-1-3-5-9/h1-5,8,13,16-17H. The number of fused-ring (bicyclic) bond motifs is 1. The van der Waals surface area contributed by atoms with E-state index < -0.39 is 0 Å². The number of benzene rings is 1. The van der Waals surface area contributed by atoms with E-state index in [1.165, 1.54) is 0 Å².